The SMILES string of the molecule is c1ccc(-c2ccccc2-c2nc3c4cccc5c6oc(-c7ccccc7-c7ccccc7)nc6c6cccc(c3o2)c6c45)cc1. The van der Waals surface area contributed by atoms with Gasteiger partial charge >= 0.3 is 0 Å². The minimum absolute atomic E-state index is 0.605. The van der Waals surface area contributed by atoms with Gasteiger partial charge in [0.15, 0.2) is 11.2 Å². The fourth-order valence-corrected chi connectivity index (χ4v) is 7.10. The fraction of sp³-hybridized carbons (Fsp3) is 0. The Balaban J connectivity index is 1.26. The highest BCUT2D eigenvalue weighted by molar-refractivity contribution is 6.37. The fourth-order valence-electron chi connectivity index (χ4n) is 7.10. The topological polar surface area (TPSA) is 52.1 Å². The number of hydrogen-bond donors (Lipinski definition) is 0. The van der Waals surface area contributed by atoms with Gasteiger partial charge in [-0.15, -0.1) is 0 Å². The first kappa shape index (κ1) is 25.1. The summed E-state index contributed by atoms with van der Waals surface area (Å²) in [5.74, 6) is 1.21. The van der Waals surface area contributed by atoms with E-state index in [1.807, 2.05) is 24.3 Å². The van der Waals surface area contributed by atoms with Crippen LogP contribution in [-0.4, -0.2) is 9.97 Å². The molecule has 4 heteroatoms. The van der Waals surface area contributed by atoms with Crippen LogP contribution in [0.4, 0.5) is 0 Å². The molecule has 8 aromatic carbocycles. The number of nitrogens with zero attached hydrogens (tertiary/aromatic N) is 2. The average molecular weight is 589 g/mol. The Kier molecular flexibility index (Phi) is 5.25. The molecule has 0 radical (unpaired) electrons. The summed E-state index contributed by atoms with van der Waals surface area (Å²) in [6, 6.07) is 50.1. The lowest BCUT2D eigenvalue weighted by molar-refractivity contribution is 0.622. The third kappa shape index (κ3) is 3.55. The zero-order chi connectivity index (χ0) is 30.2. The van der Waals surface area contributed by atoms with Gasteiger partial charge in [-0.05, 0) is 34.4 Å². The molecule has 0 aliphatic carbocycles. The quantitative estimate of drug-likeness (QED) is 0.192. The molecule has 0 saturated carbocycles. The second-order valence-electron chi connectivity index (χ2n) is 11.7. The van der Waals surface area contributed by atoms with E-state index in [0.717, 1.165) is 87.9 Å². The van der Waals surface area contributed by atoms with E-state index in [1.165, 1.54) is 0 Å². The van der Waals surface area contributed by atoms with Crippen LogP contribution in [0.2, 0.25) is 0 Å². The molecule has 2 aromatic heterocycles. The van der Waals surface area contributed by atoms with Gasteiger partial charge in [-0.25, -0.2) is 9.97 Å². The van der Waals surface area contributed by atoms with Gasteiger partial charge in [-0.3, -0.25) is 0 Å². The average Bonchev–Trinajstić information content (AvgIpc) is 3.79. The molecule has 2 heterocycles. The van der Waals surface area contributed by atoms with E-state index in [-0.39, 0.29) is 0 Å². The van der Waals surface area contributed by atoms with Crippen molar-refractivity contribution in [2.75, 3.05) is 0 Å². The van der Waals surface area contributed by atoms with Crippen molar-refractivity contribution in [1.82, 2.24) is 9.97 Å². The van der Waals surface area contributed by atoms with E-state index in [2.05, 4.69) is 121 Å². The van der Waals surface area contributed by atoms with E-state index >= 15 is 0 Å². The highest BCUT2D eigenvalue weighted by Gasteiger charge is 2.24. The molecule has 0 bridgehead atoms. The van der Waals surface area contributed by atoms with Crippen LogP contribution in [0, 0.1) is 0 Å². The molecular formula is C42H24N2O2. The molecule has 0 aliphatic rings. The summed E-state index contributed by atoms with van der Waals surface area (Å²) in [6.45, 7) is 0. The number of rotatable bonds is 4. The smallest absolute Gasteiger partial charge is 0.227 e. The van der Waals surface area contributed by atoms with Gasteiger partial charge in [0.25, 0.3) is 0 Å². The van der Waals surface area contributed by atoms with Gasteiger partial charge < -0.3 is 8.83 Å². The second kappa shape index (κ2) is 9.62. The van der Waals surface area contributed by atoms with Crippen molar-refractivity contribution in [3.05, 3.63) is 146 Å². The van der Waals surface area contributed by atoms with Crippen LogP contribution in [-0.2, 0) is 0 Å². The molecule has 0 spiro atoms. The number of benzene rings is 8. The molecule has 0 saturated heterocycles. The molecule has 0 unspecified atom stereocenters. The molecule has 0 aliphatic heterocycles. The first-order valence-corrected chi connectivity index (χ1v) is 15.4. The first-order chi connectivity index (χ1) is 22.8. The third-order valence-electron chi connectivity index (χ3n) is 9.12. The summed E-state index contributed by atoms with van der Waals surface area (Å²) in [7, 11) is 0. The van der Waals surface area contributed by atoms with E-state index in [9.17, 15) is 0 Å². The van der Waals surface area contributed by atoms with Gasteiger partial charge in [0.05, 0.1) is 0 Å². The van der Waals surface area contributed by atoms with E-state index in [0.29, 0.717) is 11.8 Å². The lowest BCUT2D eigenvalue weighted by Crippen LogP contribution is -1.87. The maximum atomic E-state index is 6.73. The normalized spacial score (nSPS) is 11.9. The van der Waals surface area contributed by atoms with Crippen LogP contribution in [0.3, 0.4) is 0 Å². The lowest BCUT2D eigenvalue weighted by Gasteiger charge is -2.11. The van der Waals surface area contributed by atoms with Crippen molar-refractivity contribution in [2.45, 2.75) is 0 Å². The van der Waals surface area contributed by atoms with Crippen LogP contribution in [0.25, 0.3) is 99.7 Å². The van der Waals surface area contributed by atoms with Crippen LogP contribution >= 0.6 is 0 Å². The van der Waals surface area contributed by atoms with Gasteiger partial charge in [0.1, 0.15) is 11.0 Å². The molecule has 0 atom stereocenters. The molecule has 0 fully saturated rings. The minimum Gasteiger partial charge on any atom is -0.435 e. The van der Waals surface area contributed by atoms with Crippen molar-refractivity contribution in [3.63, 3.8) is 0 Å². The zero-order valence-corrected chi connectivity index (χ0v) is 24.6. The highest BCUT2D eigenvalue weighted by Crippen LogP contribution is 2.47. The molecule has 46 heavy (non-hydrogen) atoms. The maximum Gasteiger partial charge on any atom is 0.227 e. The van der Waals surface area contributed by atoms with Crippen LogP contribution in [0.5, 0.6) is 0 Å². The Hall–Kier alpha value is -6.26. The lowest BCUT2D eigenvalue weighted by atomic mass is 9.92. The summed E-state index contributed by atoms with van der Waals surface area (Å²) in [6.07, 6.45) is 0. The Morgan fingerprint density at radius 3 is 1.13 bits per heavy atom. The van der Waals surface area contributed by atoms with E-state index < -0.39 is 0 Å². The largest absolute Gasteiger partial charge is 0.435 e. The minimum atomic E-state index is 0.605. The predicted octanol–water partition coefficient (Wildman–Crippen LogP) is 11.5. The Labute approximate surface area is 263 Å². The summed E-state index contributed by atoms with van der Waals surface area (Å²) in [5, 5.41) is 6.33. The van der Waals surface area contributed by atoms with Gasteiger partial charge in [0.2, 0.25) is 11.8 Å². The van der Waals surface area contributed by atoms with Crippen molar-refractivity contribution in [1.29, 1.82) is 0 Å². The summed E-state index contributed by atoms with van der Waals surface area (Å²) >= 11 is 0. The Bertz CT molecular complexity index is 2450. The monoisotopic (exact) mass is 588 g/mol. The molecule has 10 aromatic rings. The molecule has 4 nitrogen and oxygen atoms in total. The van der Waals surface area contributed by atoms with Crippen LogP contribution in [0.15, 0.2) is 154 Å². The van der Waals surface area contributed by atoms with Crippen molar-refractivity contribution in [2.24, 2.45) is 0 Å². The van der Waals surface area contributed by atoms with Crippen molar-refractivity contribution < 1.29 is 8.83 Å². The maximum absolute atomic E-state index is 6.73. The standard InChI is InChI=1S/C42H24N2O2/c1-3-13-25(14-4-1)27-17-7-9-19-29(27)41-43-37-31-21-11-24-34-35(31)36-32(22-12-23-33(36)39(37)45-41)38-40(34)46-42(44-38)30-20-10-8-18-28(30)26-15-5-2-6-16-26/h1-24H. The second-order valence-corrected chi connectivity index (χ2v) is 11.7. The summed E-state index contributed by atoms with van der Waals surface area (Å²) < 4.78 is 13.5. The Morgan fingerprint density at radius 2 is 0.696 bits per heavy atom. The molecule has 10 rings (SSSR count). The molecule has 0 amide bonds. The van der Waals surface area contributed by atoms with E-state index in [1.54, 1.807) is 0 Å². The predicted molar refractivity (Wildman–Crippen MR) is 187 cm³/mol. The summed E-state index contributed by atoms with van der Waals surface area (Å²) in [4.78, 5) is 10.4. The third-order valence-corrected chi connectivity index (χ3v) is 9.12. The highest BCUT2D eigenvalue weighted by atomic mass is 16.4. The molecule has 214 valence electrons. The molecular weight excluding hydrogens is 564 g/mol. The number of oxazole rings is 2. The van der Waals surface area contributed by atoms with Crippen molar-refractivity contribution >= 4 is 54.5 Å². The van der Waals surface area contributed by atoms with Crippen LogP contribution in [0.1, 0.15) is 0 Å². The number of fused-ring (bicyclic) bond motifs is 6. The van der Waals surface area contributed by atoms with Crippen molar-refractivity contribution in [3.8, 4) is 45.2 Å². The number of hydrogen-bond acceptors (Lipinski definition) is 4. The van der Waals surface area contributed by atoms with Crippen LogP contribution < -0.4 is 0 Å². The van der Waals surface area contributed by atoms with Gasteiger partial charge in [-0.2, -0.15) is 0 Å². The van der Waals surface area contributed by atoms with Gasteiger partial charge in [0, 0.05) is 43.4 Å². The number of aromatic nitrogens is 2. The Morgan fingerprint density at radius 1 is 0.326 bits per heavy atom. The summed E-state index contributed by atoms with van der Waals surface area (Å²) in [5.41, 5.74) is 9.58. The molecule has 0 N–H and O–H groups in total. The zero-order valence-electron chi connectivity index (χ0n) is 24.6. The first-order valence-electron chi connectivity index (χ1n) is 15.4. The van der Waals surface area contributed by atoms with Gasteiger partial charge in [-0.1, -0.05) is 133 Å². The van der Waals surface area contributed by atoms with E-state index in [4.69, 9.17) is 18.8 Å².